The molecular formula is C9H14O4. The van der Waals surface area contributed by atoms with E-state index >= 15 is 0 Å². The third-order valence-electron chi connectivity index (χ3n) is 1.34. The summed E-state index contributed by atoms with van der Waals surface area (Å²) in [5.41, 5.74) is 0. The molecule has 0 amide bonds. The highest BCUT2D eigenvalue weighted by atomic mass is 16.5. The summed E-state index contributed by atoms with van der Waals surface area (Å²) < 4.78 is 4.62. The summed E-state index contributed by atoms with van der Waals surface area (Å²) in [6.07, 6.45) is 3.46. The summed E-state index contributed by atoms with van der Waals surface area (Å²) in [6.45, 7) is 3.33. The van der Waals surface area contributed by atoms with Gasteiger partial charge in [-0.25, -0.2) is 0 Å². The Kier molecular flexibility index (Phi) is 5.59. The van der Waals surface area contributed by atoms with E-state index in [0.717, 1.165) is 0 Å². The fourth-order valence-corrected chi connectivity index (χ4v) is 0.797. The molecule has 0 aliphatic rings. The topological polar surface area (TPSA) is 63.6 Å². The van der Waals surface area contributed by atoms with E-state index in [1.54, 1.807) is 19.1 Å². The van der Waals surface area contributed by atoms with Crippen molar-refractivity contribution in [1.82, 2.24) is 0 Å². The molecule has 0 saturated heterocycles. The number of esters is 1. The van der Waals surface area contributed by atoms with Crippen molar-refractivity contribution in [2.75, 3.05) is 6.61 Å². The first-order valence-electron chi connectivity index (χ1n) is 4.04. The van der Waals surface area contributed by atoms with Crippen molar-refractivity contribution >= 4 is 11.9 Å². The van der Waals surface area contributed by atoms with Crippen LogP contribution in [0.1, 0.15) is 20.3 Å². The van der Waals surface area contributed by atoms with Gasteiger partial charge in [0.05, 0.1) is 6.42 Å². The zero-order valence-corrected chi connectivity index (χ0v) is 7.82. The monoisotopic (exact) mass is 186 g/mol. The minimum Gasteiger partial charge on any atom is -0.481 e. The van der Waals surface area contributed by atoms with Gasteiger partial charge in [0.1, 0.15) is 6.61 Å². The molecule has 1 atom stereocenters. The molecule has 0 aliphatic heterocycles. The molecule has 0 heterocycles. The van der Waals surface area contributed by atoms with Crippen molar-refractivity contribution in [1.29, 1.82) is 0 Å². The Morgan fingerprint density at radius 2 is 2.15 bits per heavy atom. The lowest BCUT2D eigenvalue weighted by molar-refractivity contribution is -0.140. The Morgan fingerprint density at radius 1 is 1.54 bits per heavy atom. The molecule has 0 aromatic carbocycles. The summed E-state index contributed by atoms with van der Waals surface area (Å²) in [5.74, 6) is -1.20. The van der Waals surface area contributed by atoms with Crippen LogP contribution in [0.5, 0.6) is 0 Å². The van der Waals surface area contributed by atoms with Gasteiger partial charge >= 0.3 is 11.9 Å². The largest absolute Gasteiger partial charge is 0.481 e. The zero-order chi connectivity index (χ0) is 10.3. The second kappa shape index (κ2) is 6.22. The lowest BCUT2D eigenvalue weighted by atomic mass is 10.1. The normalized spacial score (nSPS) is 12.8. The number of rotatable bonds is 5. The predicted molar refractivity (Wildman–Crippen MR) is 47.2 cm³/mol. The number of allylic oxidation sites excluding steroid dienone is 1. The SMILES string of the molecule is CC(=O)OCC=CC(C)CC(=O)O. The molecule has 1 unspecified atom stereocenters. The van der Waals surface area contributed by atoms with Gasteiger partial charge < -0.3 is 9.84 Å². The maximum absolute atomic E-state index is 10.3. The van der Waals surface area contributed by atoms with E-state index in [9.17, 15) is 9.59 Å². The van der Waals surface area contributed by atoms with E-state index in [4.69, 9.17) is 5.11 Å². The van der Waals surface area contributed by atoms with Crippen molar-refractivity contribution in [2.24, 2.45) is 5.92 Å². The minimum absolute atomic E-state index is 0.0342. The molecule has 4 heteroatoms. The summed E-state index contributed by atoms with van der Waals surface area (Å²) in [6, 6.07) is 0. The average molecular weight is 186 g/mol. The number of carbonyl (C=O) groups excluding carboxylic acids is 1. The van der Waals surface area contributed by atoms with E-state index in [1.165, 1.54) is 6.92 Å². The zero-order valence-electron chi connectivity index (χ0n) is 7.82. The van der Waals surface area contributed by atoms with Gasteiger partial charge in [0.15, 0.2) is 0 Å². The van der Waals surface area contributed by atoms with Crippen molar-refractivity contribution in [3.63, 3.8) is 0 Å². The quantitative estimate of drug-likeness (QED) is 0.518. The molecule has 0 spiro atoms. The highest BCUT2D eigenvalue weighted by molar-refractivity contribution is 5.67. The molecule has 0 bridgehead atoms. The fraction of sp³-hybridized carbons (Fsp3) is 0.556. The Bertz CT molecular complexity index is 208. The van der Waals surface area contributed by atoms with Crippen molar-refractivity contribution in [3.05, 3.63) is 12.2 Å². The second-order valence-electron chi connectivity index (χ2n) is 2.81. The van der Waals surface area contributed by atoms with Gasteiger partial charge in [0.2, 0.25) is 0 Å². The third-order valence-corrected chi connectivity index (χ3v) is 1.34. The molecule has 0 aromatic rings. The van der Waals surface area contributed by atoms with Gasteiger partial charge in [0, 0.05) is 6.92 Å². The minimum atomic E-state index is -0.829. The number of ether oxygens (including phenoxy) is 1. The molecule has 0 saturated carbocycles. The molecule has 0 rings (SSSR count). The molecular weight excluding hydrogens is 172 g/mol. The maximum atomic E-state index is 10.3. The smallest absolute Gasteiger partial charge is 0.303 e. The number of carboxylic acids is 1. The van der Waals surface area contributed by atoms with Crippen LogP contribution in [0.25, 0.3) is 0 Å². The standard InChI is InChI=1S/C9H14O4/c1-7(6-9(11)12)4-3-5-13-8(2)10/h3-4,7H,5-6H2,1-2H3,(H,11,12). The van der Waals surface area contributed by atoms with Crippen molar-refractivity contribution in [2.45, 2.75) is 20.3 Å². The molecule has 0 aliphatic carbocycles. The van der Waals surface area contributed by atoms with Crippen LogP contribution in [0, 0.1) is 5.92 Å². The van der Waals surface area contributed by atoms with Crippen LogP contribution in [-0.2, 0) is 14.3 Å². The summed E-state index contributed by atoms with van der Waals surface area (Å²) in [7, 11) is 0. The first-order chi connectivity index (χ1) is 6.02. The highest BCUT2D eigenvalue weighted by Gasteiger charge is 2.02. The Hall–Kier alpha value is -1.32. The number of hydrogen-bond acceptors (Lipinski definition) is 3. The number of carbonyl (C=O) groups is 2. The van der Waals surface area contributed by atoms with Gasteiger partial charge in [-0.1, -0.05) is 19.1 Å². The van der Waals surface area contributed by atoms with Crippen LogP contribution in [0.3, 0.4) is 0 Å². The van der Waals surface area contributed by atoms with Gasteiger partial charge in [-0.3, -0.25) is 9.59 Å². The second-order valence-corrected chi connectivity index (χ2v) is 2.81. The summed E-state index contributed by atoms with van der Waals surface area (Å²) in [4.78, 5) is 20.5. The first-order valence-corrected chi connectivity index (χ1v) is 4.04. The van der Waals surface area contributed by atoms with Crippen LogP contribution in [0.4, 0.5) is 0 Å². The van der Waals surface area contributed by atoms with E-state index in [-0.39, 0.29) is 24.9 Å². The maximum Gasteiger partial charge on any atom is 0.303 e. The fourth-order valence-electron chi connectivity index (χ4n) is 0.797. The summed E-state index contributed by atoms with van der Waals surface area (Å²) in [5, 5.41) is 8.41. The molecule has 0 radical (unpaired) electrons. The van der Waals surface area contributed by atoms with Crippen molar-refractivity contribution < 1.29 is 19.4 Å². The molecule has 74 valence electrons. The van der Waals surface area contributed by atoms with Crippen LogP contribution < -0.4 is 0 Å². The lowest BCUT2D eigenvalue weighted by Gasteiger charge is -2.00. The van der Waals surface area contributed by atoms with Crippen LogP contribution in [0.2, 0.25) is 0 Å². The van der Waals surface area contributed by atoms with Gasteiger partial charge in [0.25, 0.3) is 0 Å². The molecule has 1 N–H and O–H groups in total. The number of hydrogen-bond donors (Lipinski definition) is 1. The van der Waals surface area contributed by atoms with E-state index < -0.39 is 5.97 Å². The van der Waals surface area contributed by atoms with E-state index in [0.29, 0.717) is 0 Å². The highest BCUT2D eigenvalue weighted by Crippen LogP contribution is 2.02. The van der Waals surface area contributed by atoms with Gasteiger partial charge in [-0.15, -0.1) is 0 Å². The van der Waals surface area contributed by atoms with Crippen LogP contribution >= 0.6 is 0 Å². The molecule has 0 aromatic heterocycles. The predicted octanol–water partition coefficient (Wildman–Crippen LogP) is 1.22. The molecule has 0 fully saturated rings. The van der Waals surface area contributed by atoms with Crippen LogP contribution in [0.15, 0.2) is 12.2 Å². The van der Waals surface area contributed by atoms with Gasteiger partial charge in [-0.05, 0) is 5.92 Å². The molecule has 4 nitrogen and oxygen atoms in total. The average Bonchev–Trinajstić information content (AvgIpc) is 1.96. The van der Waals surface area contributed by atoms with Crippen molar-refractivity contribution in [3.8, 4) is 0 Å². The number of carboxylic acid groups (broad SMARTS) is 1. The Balaban J connectivity index is 3.59. The number of aliphatic carboxylic acids is 1. The lowest BCUT2D eigenvalue weighted by Crippen LogP contribution is -2.02. The Labute approximate surface area is 77.2 Å². The van der Waals surface area contributed by atoms with Gasteiger partial charge in [-0.2, -0.15) is 0 Å². The summed E-state index contributed by atoms with van der Waals surface area (Å²) >= 11 is 0. The Morgan fingerprint density at radius 3 is 2.62 bits per heavy atom. The third kappa shape index (κ3) is 8.59. The van der Waals surface area contributed by atoms with Crippen LogP contribution in [-0.4, -0.2) is 23.7 Å². The van der Waals surface area contributed by atoms with E-state index in [2.05, 4.69) is 4.74 Å². The molecule has 13 heavy (non-hydrogen) atoms. The van der Waals surface area contributed by atoms with E-state index in [1.807, 2.05) is 0 Å². The first kappa shape index (κ1) is 11.7.